The predicted molar refractivity (Wildman–Crippen MR) is 308 cm³/mol. The molecule has 1 amide bonds. The molecule has 396 valence electrons. The third-order valence-corrected chi connectivity index (χ3v) is 13.0. The van der Waals surface area contributed by atoms with Crippen LogP contribution >= 0.6 is 0 Å². The summed E-state index contributed by atoms with van der Waals surface area (Å²) in [6.07, 6.45) is 89.7. The highest BCUT2D eigenvalue weighted by Gasteiger charge is 2.18. The fourth-order valence-electron chi connectivity index (χ4n) is 8.53. The van der Waals surface area contributed by atoms with E-state index in [4.69, 9.17) is 0 Å². The molecule has 0 aliphatic rings. The Hall–Kier alpha value is -2.95. The molecule has 2 unspecified atom stereocenters. The number of aliphatic hydroxyl groups excluding tert-OH is 2. The van der Waals surface area contributed by atoms with E-state index in [-0.39, 0.29) is 12.5 Å². The van der Waals surface area contributed by atoms with Crippen LogP contribution < -0.4 is 5.32 Å². The molecule has 0 aromatic rings. The van der Waals surface area contributed by atoms with Crippen LogP contribution in [-0.2, 0) is 4.79 Å². The van der Waals surface area contributed by atoms with Gasteiger partial charge in [-0.1, -0.05) is 290 Å². The van der Waals surface area contributed by atoms with Crippen molar-refractivity contribution in [1.82, 2.24) is 5.32 Å². The molecule has 0 aliphatic heterocycles. The first-order chi connectivity index (χ1) is 34.2. The number of nitrogens with one attached hydrogen (secondary N) is 1. The minimum absolute atomic E-state index is 0.0874. The Morgan fingerprint density at radius 3 is 1.01 bits per heavy atom. The van der Waals surface area contributed by atoms with Crippen LogP contribution in [0.3, 0.4) is 0 Å². The number of carbonyl (C=O) groups excluding carboxylic acids is 1. The van der Waals surface area contributed by atoms with Crippen LogP contribution in [0.2, 0.25) is 0 Å². The second kappa shape index (κ2) is 59.4. The summed E-state index contributed by atoms with van der Waals surface area (Å²) < 4.78 is 0. The second-order valence-electron chi connectivity index (χ2n) is 19.7. The van der Waals surface area contributed by atoms with Gasteiger partial charge in [0.2, 0.25) is 5.91 Å². The maximum Gasteiger partial charge on any atom is 0.220 e. The zero-order valence-electron chi connectivity index (χ0n) is 45.5. The zero-order valence-corrected chi connectivity index (χ0v) is 45.5. The van der Waals surface area contributed by atoms with Crippen LogP contribution in [0.1, 0.15) is 277 Å². The van der Waals surface area contributed by atoms with Crippen molar-refractivity contribution in [1.29, 1.82) is 0 Å². The van der Waals surface area contributed by atoms with Crippen molar-refractivity contribution < 1.29 is 15.0 Å². The lowest BCUT2D eigenvalue weighted by Gasteiger charge is -2.19. The zero-order chi connectivity index (χ0) is 49.9. The Morgan fingerprint density at radius 2 is 0.652 bits per heavy atom. The lowest BCUT2D eigenvalue weighted by molar-refractivity contribution is -0.123. The highest BCUT2D eigenvalue weighted by Crippen LogP contribution is 2.16. The Kier molecular flexibility index (Phi) is 56.8. The van der Waals surface area contributed by atoms with Gasteiger partial charge in [-0.3, -0.25) is 4.79 Å². The van der Waals surface area contributed by atoms with E-state index in [0.717, 1.165) is 89.9 Å². The minimum Gasteiger partial charge on any atom is -0.394 e. The molecule has 0 bridgehead atoms. The van der Waals surface area contributed by atoms with Gasteiger partial charge in [0.15, 0.2) is 0 Å². The van der Waals surface area contributed by atoms with Gasteiger partial charge in [0.05, 0.1) is 18.8 Å². The van der Waals surface area contributed by atoms with E-state index in [1.807, 2.05) is 6.08 Å². The average molecular weight is 957 g/mol. The fraction of sp³-hybridized carbons (Fsp3) is 0.708. The highest BCUT2D eigenvalue weighted by atomic mass is 16.3. The van der Waals surface area contributed by atoms with Crippen LogP contribution in [0, 0.1) is 0 Å². The van der Waals surface area contributed by atoms with Gasteiger partial charge in [0.1, 0.15) is 0 Å². The first-order valence-corrected chi connectivity index (χ1v) is 29.6. The van der Waals surface area contributed by atoms with Gasteiger partial charge in [-0.05, 0) is 89.9 Å². The molecule has 2 atom stereocenters. The molecule has 4 nitrogen and oxygen atoms in total. The van der Waals surface area contributed by atoms with E-state index < -0.39 is 12.1 Å². The van der Waals surface area contributed by atoms with Crippen LogP contribution in [0.5, 0.6) is 0 Å². The monoisotopic (exact) mass is 956 g/mol. The van der Waals surface area contributed by atoms with E-state index in [1.54, 1.807) is 6.08 Å². The molecule has 0 aromatic heterocycles. The number of carbonyl (C=O) groups is 1. The van der Waals surface area contributed by atoms with Gasteiger partial charge in [0, 0.05) is 6.42 Å². The molecule has 0 aromatic carbocycles. The van der Waals surface area contributed by atoms with E-state index in [2.05, 4.69) is 116 Å². The van der Waals surface area contributed by atoms with Gasteiger partial charge < -0.3 is 15.5 Å². The number of hydrogen-bond acceptors (Lipinski definition) is 3. The third-order valence-electron chi connectivity index (χ3n) is 13.0. The van der Waals surface area contributed by atoms with E-state index in [9.17, 15) is 15.0 Å². The van der Waals surface area contributed by atoms with Gasteiger partial charge in [0.25, 0.3) is 0 Å². The SMILES string of the molecule is CC/C=C\C/C=C\C/C=C\C/C=C\C/C=C\C/C=C\C/C=C\CCCCCCCCCC(=O)NC(CO)C(O)/C=C/CC/C=C/CCCCCCCCCCCCCCCCCCCCCCCC. The van der Waals surface area contributed by atoms with Crippen molar-refractivity contribution in [3.63, 3.8) is 0 Å². The molecule has 0 saturated heterocycles. The third kappa shape index (κ3) is 55.8. The predicted octanol–water partition coefficient (Wildman–Crippen LogP) is 19.9. The fourth-order valence-corrected chi connectivity index (χ4v) is 8.53. The van der Waals surface area contributed by atoms with Gasteiger partial charge >= 0.3 is 0 Å². The minimum atomic E-state index is -0.876. The van der Waals surface area contributed by atoms with Crippen molar-refractivity contribution in [3.05, 3.63) is 109 Å². The summed E-state index contributed by atoms with van der Waals surface area (Å²) in [5.41, 5.74) is 0. The molecule has 0 spiro atoms. The van der Waals surface area contributed by atoms with Crippen molar-refractivity contribution in [3.8, 4) is 0 Å². The molecule has 4 heteroatoms. The first-order valence-electron chi connectivity index (χ1n) is 29.6. The summed E-state index contributed by atoms with van der Waals surface area (Å²) in [7, 11) is 0. The number of rotatable bonds is 53. The summed E-state index contributed by atoms with van der Waals surface area (Å²) in [5.74, 6) is -0.0874. The number of hydrogen-bond donors (Lipinski definition) is 3. The van der Waals surface area contributed by atoms with Crippen LogP contribution in [-0.4, -0.2) is 34.9 Å². The van der Waals surface area contributed by atoms with E-state index in [1.165, 1.54) is 167 Å². The maximum atomic E-state index is 12.5. The Balaban J connectivity index is 3.61. The number of amides is 1. The summed E-state index contributed by atoms with van der Waals surface area (Å²) >= 11 is 0. The standard InChI is InChI=1S/C65H113NO3/c1-3-5-7-9-11-13-15-17-19-21-23-25-27-29-31-33-35-37-39-41-43-45-47-49-51-53-55-57-59-61-65(69)66-63(62-67)64(68)60-58-56-54-52-50-48-46-44-42-40-38-36-34-32-30-28-26-24-22-20-18-16-14-12-10-8-6-4-2/h5,7,11,13,17,19,23,25,29,31,35,37,41,43,50,52,58,60,63-64,67-68H,3-4,6,8-10,12,14-16,18,20-22,24,26-28,30,32-34,36,38-40,42,44-49,51,53-57,59,61-62H2,1-2H3,(H,66,69)/b7-5-,13-11-,19-17-,25-23-,31-29-,37-35-,43-41-,52-50+,60-58+. The summed E-state index contributed by atoms with van der Waals surface area (Å²) in [4.78, 5) is 12.5. The van der Waals surface area contributed by atoms with Crippen molar-refractivity contribution in [2.45, 2.75) is 289 Å². The topological polar surface area (TPSA) is 69.6 Å². The molecule has 0 saturated carbocycles. The number of unbranched alkanes of at least 4 members (excludes halogenated alkanes) is 30. The normalized spacial score (nSPS) is 13.6. The molecule has 0 fully saturated rings. The maximum absolute atomic E-state index is 12.5. The van der Waals surface area contributed by atoms with Crippen LogP contribution in [0.4, 0.5) is 0 Å². The van der Waals surface area contributed by atoms with E-state index in [0.29, 0.717) is 6.42 Å². The van der Waals surface area contributed by atoms with Crippen molar-refractivity contribution in [2.24, 2.45) is 0 Å². The molecule has 0 rings (SSSR count). The first kappa shape index (κ1) is 66.0. The Bertz CT molecular complexity index is 1310. The quantitative estimate of drug-likeness (QED) is 0.0420. The van der Waals surface area contributed by atoms with Crippen molar-refractivity contribution >= 4 is 5.91 Å². The number of aliphatic hydroxyl groups is 2. The molecule has 0 aliphatic carbocycles. The molecule has 0 heterocycles. The highest BCUT2D eigenvalue weighted by molar-refractivity contribution is 5.76. The van der Waals surface area contributed by atoms with Gasteiger partial charge in [-0.2, -0.15) is 0 Å². The second-order valence-corrected chi connectivity index (χ2v) is 19.7. The van der Waals surface area contributed by atoms with Crippen LogP contribution in [0.15, 0.2) is 109 Å². The largest absolute Gasteiger partial charge is 0.394 e. The van der Waals surface area contributed by atoms with Gasteiger partial charge in [-0.15, -0.1) is 0 Å². The molecular weight excluding hydrogens is 843 g/mol. The van der Waals surface area contributed by atoms with Gasteiger partial charge in [-0.25, -0.2) is 0 Å². The van der Waals surface area contributed by atoms with Crippen molar-refractivity contribution in [2.75, 3.05) is 6.61 Å². The summed E-state index contributed by atoms with van der Waals surface area (Å²) in [6, 6.07) is -0.655. The summed E-state index contributed by atoms with van der Waals surface area (Å²) in [5, 5.41) is 23.2. The average Bonchev–Trinajstić information content (AvgIpc) is 3.35. The molecule has 0 radical (unpaired) electrons. The summed E-state index contributed by atoms with van der Waals surface area (Å²) in [6.45, 7) is 4.19. The number of allylic oxidation sites excluding steroid dienone is 17. The smallest absolute Gasteiger partial charge is 0.220 e. The molecular formula is C65H113NO3. The molecule has 3 N–H and O–H groups in total. The lowest BCUT2D eigenvalue weighted by Crippen LogP contribution is -2.45. The van der Waals surface area contributed by atoms with E-state index >= 15 is 0 Å². The Labute approximate surface area is 429 Å². The Morgan fingerprint density at radius 1 is 0.362 bits per heavy atom. The molecule has 69 heavy (non-hydrogen) atoms. The van der Waals surface area contributed by atoms with Crippen LogP contribution in [0.25, 0.3) is 0 Å². The lowest BCUT2D eigenvalue weighted by atomic mass is 10.0.